The van der Waals surface area contributed by atoms with Gasteiger partial charge in [0.1, 0.15) is 24.2 Å². The third-order valence-corrected chi connectivity index (χ3v) is 5.03. The second-order valence-electron chi connectivity index (χ2n) is 7.38. The summed E-state index contributed by atoms with van der Waals surface area (Å²) >= 11 is 0. The Morgan fingerprint density at radius 2 is 1.47 bits per heavy atom. The lowest BCUT2D eigenvalue weighted by atomic mass is 9.99. The van der Waals surface area contributed by atoms with Gasteiger partial charge in [0.2, 0.25) is 0 Å². The summed E-state index contributed by atoms with van der Waals surface area (Å²) in [4.78, 5) is 0. The molecule has 30 heavy (non-hydrogen) atoms. The van der Waals surface area contributed by atoms with Gasteiger partial charge in [-0.2, -0.15) is 0 Å². The number of epoxide rings is 1. The Morgan fingerprint density at radius 3 is 2.20 bits per heavy atom. The summed E-state index contributed by atoms with van der Waals surface area (Å²) in [6, 6.07) is 13.8. The highest BCUT2D eigenvalue weighted by Gasteiger charge is 2.21. The van der Waals surface area contributed by atoms with E-state index < -0.39 is 0 Å². The van der Waals surface area contributed by atoms with Crippen molar-refractivity contribution in [3.05, 3.63) is 48.0 Å². The van der Waals surface area contributed by atoms with Gasteiger partial charge in [0.15, 0.2) is 0 Å². The zero-order chi connectivity index (χ0) is 20.8. The van der Waals surface area contributed by atoms with Gasteiger partial charge >= 0.3 is 0 Å². The minimum Gasteiger partial charge on any atom is -0.507 e. The highest BCUT2D eigenvalue weighted by Crippen LogP contribution is 2.42. The molecule has 6 heteroatoms. The Balaban J connectivity index is 1.26. The molecule has 0 saturated carbocycles. The van der Waals surface area contributed by atoms with Gasteiger partial charge in [-0.3, -0.25) is 0 Å². The molecule has 0 radical (unpaired) electrons. The number of hydrogen-bond donors (Lipinski definition) is 1. The summed E-state index contributed by atoms with van der Waals surface area (Å²) in [6.07, 6.45) is 0.292. The van der Waals surface area contributed by atoms with Crippen LogP contribution in [0.4, 0.5) is 0 Å². The van der Waals surface area contributed by atoms with E-state index in [-0.39, 0.29) is 0 Å². The lowest BCUT2D eigenvalue weighted by Gasteiger charge is -2.15. The molecular formula is C24H28O6. The van der Waals surface area contributed by atoms with Crippen LogP contribution >= 0.6 is 0 Å². The summed E-state index contributed by atoms with van der Waals surface area (Å²) < 4.78 is 27.7. The number of aromatic hydroxyl groups is 1. The Kier molecular flexibility index (Phi) is 7.02. The SMILES string of the molecule is Cc1ccc2c(OCCOCCOCCOCC3CO3)c3ccccc3c(O)c2c1. The first-order valence-electron chi connectivity index (χ1n) is 10.4. The summed E-state index contributed by atoms with van der Waals surface area (Å²) in [5, 5.41) is 14.1. The van der Waals surface area contributed by atoms with Crippen LogP contribution in [0.1, 0.15) is 5.56 Å². The number of rotatable bonds is 12. The lowest BCUT2D eigenvalue weighted by Crippen LogP contribution is -2.13. The van der Waals surface area contributed by atoms with Crippen LogP contribution < -0.4 is 4.74 Å². The lowest BCUT2D eigenvalue weighted by molar-refractivity contribution is 0.00722. The van der Waals surface area contributed by atoms with Gasteiger partial charge in [-0.05, 0) is 13.0 Å². The van der Waals surface area contributed by atoms with Gasteiger partial charge in [0.05, 0.1) is 46.2 Å². The predicted molar refractivity (Wildman–Crippen MR) is 116 cm³/mol. The number of fused-ring (bicyclic) bond motifs is 2. The smallest absolute Gasteiger partial charge is 0.135 e. The first-order valence-corrected chi connectivity index (χ1v) is 10.4. The van der Waals surface area contributed by atoms with Gasteiger partial charge in [-0.25, -0.2) is 0 Å². The third kappa shape index (κ3) is 5.21. The minimum atomic E-state index is 0.290. The molecule has 6 nitrogen and oxygen atoms in total. The van der Waals surface area contributed by atoms with E-state index in [0.29, 0.717) is 58.1 Å². The van der Waals surface area contributed by atoms with Gasteiger partial charge in [0, 0.05) is 21.5 Å². The largest absolute Gasteiger partial charge is 0.507 e. The average molecular weight is 412 g/mol. The molecule has 0 bridgehead atoms. The normalized spacial score (nSPS) is 15.7. The van der Waals surface area contributed by atoms with E-state index in [1.807, 2.05) is 49.4 Å². The zero-order valence-corrected chi connectivity index (χ0v) is 17.3. The topological polar surface area (TPSA) is 69.7 Å². The first-order chi connectivity index (χ1) is 14.7. The molecule has 1 saturated heterocycles. The van der Waals surface area contributed by atoms with Crippen molar-refractivity contribution >= 4 is 21.5 Å². The number of benzene rings is 3. The number of hydrogen-bond acceptors (Lipinski definition) is 6. The molecule has 3 aromatic carbocycles. The molecule has 0 spiro atoms. The number of phenols is 1. The second-order valence-corrected chi connectivity index (χ2v) is 7.38. The van der Waals surface area contributed by atoms with E-state index in [2.05, 4.69) is 0 Å². The number of ether oxygens (including phenoxy) is 5. The fourth-order valence-corrected chi connectivity index (χ4v) is 3.41. The Labute approximate surface area is 176 Å². The van der Waals surface area contributed by atoms with E-state index >= 15 is 0 Å². The van der Waals surface area contributed by atoms with Crippen molar-refractivity contribution in [1.29, 1.82) is 0 Å². The van der Waals surface area contributed by atoms with Crippen LogP contribution in [-0.4, -0.2) is 64.1 Å². The molecule has 1 aliphatic heterocycles. The van der Waals surface area contributed by atoms with Gasteiger partial charge in [-0.1, -0.05) is 42.0 Å². The van der Waals surface area contributed by atoms with Gasteiger partial charge in [-0.15, -0.1) is 0 Å². The summed E-state index contributed by atoms with van der Waals surface area (Å²) in [6.45, 7) is 6.51. The van der Waals surface area contributed by atoms with Crippen LogP contribution in [0.3, 0.4) is 0 Å². The molecule has 160 valence electrons. The van der Waals surface area contributed by atoms with Crippen molar-refractivity contribution < 1.29 is 28.8 Å². The van der Waals surface area contributed by atoms with Crippen LogP contribution in [-0.2, 0) is 18.9 Å². The van der Waals surface area contributed by atoms with E-state index in [1.54, 1.807) is 0 Å². The van der Waals surface area contributed by atoms with Crippen molar-refractivity contribution in [2.75, 3.05) is 52.9 Å². The fourth-order valence-electron chi connectivity index (χ4n) is 3.41. The molecule has 0 aromatic heterocycles. The van der Waals surface area contributed by atoms with Crippen molar-refractivity contribution in [3.8, 4) is 11.5 Å². The molecule has 0 aliphatic carbocycles. The Hall–Kier alpha value is -2.38. The van der Waals surface area contributed by atoms with Crippen LogP contribution in [0.5, 0.6) is 11.5 Å². The minimum absolute atomic E-state index is 0.290. The highest BCUT2D eigenvalue weighted by molar-refractivity contribution is 6.10. The molecular weight excluding hydrogens is 384 g/mol. The predicted octanol–water partition coefficient (Wildman–Crippen LogP) is 3.83. The summed E-state index contributed by atoms with van der Waals surface area (Å²) in [7, 11) is 0. The molecule has 3 aromatic rings. The molecule has 1 unspecified atom stereocenters. The maximum Gasteiger partial charge on any atom is 0.135 e. The van der Waals surface area contributed by atoms with E-state index in [0.717, 1.165) is 39.5 Å². The van der Waals surface area contributed by atoms with Gasteiger partial charge in [0.25, 0.3) is 0 Å². The fraction of sp³-hybridized carbons (Fsp3) is 0.417. The Bertz CT molecular complexity index is 982. The first kappa shape index (κ1) is 20.9. The molecule has 1 fully saturated rings. The third-order valence-electron chi connectivity index (χ3n) is 5.03. The number of phenolic OH excluding ortho intramolecular Hbond substituents is 1. The molecule has 1 atom stereocenters. The van der Waals surface area contributed by atoms with Gasteiger partial charge < -0.3 is 28.8 Å². The van der Waals surface area contributed by atoms with Crippen LogP contribution in [0.15, 0.2) is 42.5 Å². The molecule has 1 aliphatic rings. The monoisotopic (exact) mass is 412 g/mol. The van der Waals surface area contributed by atoms with Crippen LogP contribution in [0.2, 0.25) is 0 Å². The van der Waals surface area contributed by atoms with E-state index in [1.165, 1.54) is 0 Å². The van der Waals surface area contributed by atoms with Crippen molar-refractivity contribution in [3.63, 3.8) is 0 Å². The van der Waals surface area contributed by atoms with E-state index in [4.69, 9.17) is 23.7 Å². The maximum atomic E-state index is 10.7. The Morgan fingerprint density at radius 1 is 0.833 bits per heavy atom. The summed E-state index contributed by atoms with van der Waals surface area (Å²) in [5.41, 5.74) is 1.09. The quantitative estimate of drug-likeness (QED) is 0.277. The van der Waals surface area contributed by atoms with Crippen LogP contribution in [0, 0.1) is 6.92 Å². The molecule has 4 rings (SSSR count). The van der Waals surface area contributed by atoms with Crippen molar-refractivity contribution in [2.45, 2.75) is 13.0 Å². The molecule has 1 heterocycles. The molecule has 0 amide bonds. The highest BCUT2D eigenvalue weighted by atomic mass is 16.6. The zero-order valence-electron chi connectivity index (χ0n) is 17.3. The average Bonchev–Trinajstić information content (AvgIpc) is 3.58. The van der Waals surface area contributed by atoms with Crippen molar-refractivity contribution in [2.24, 2.45) is 0 Å². The number of aryl methyl sites for hydroxylation is 1. The van der Waals surface area contributed by atoms with Crippen molar-refractivity contribution in [1.82, 2.24) is 0 Å². The summed E-state index contributed by atoms with van der Waals surface area (Å²) in [5.74, 6) is 1.06. The van der Waals surface area contributed by atoms with Crippen LogP contribution in [0.25, 0.3) is 21.5 Å². The standard InChI is InChI=1S/C24H28O6/c1-17-6-7-21-22(14-17)23(25)19-4-2-3-5-20(19)24(21)29-13-12-27-9-8-26-10-11-28-15-18-16-30-18/h2-7,14,18,25H,8-13,15-16H2,1H3. The second kappa shape index (κ2) is 10.1. The molecule has 1 N–H and O–H groups in total. The maximum absolute atomic E-state index is 10.7. The van der Waals surface area contributed by atoms with E-state index in [9.17, 15) is 5.11 Å².